The van der Waals surface area contributed by atoms with E-state index in [9.17, 15) is 19.8 Å². The molecule has 2 aromatic carbocycles. The van der Waals surface area contributed by atoms with Gasteiger partial charge in [-0.1, -0.05) is 43.3 Å². The number of ether oxygens (including phenoxy) is 3. The highest BCUT2D eigenvalue weighted by atomic mass is 16.7. The third-order valence-corrected chi connectivity index (χ3v) is 6.95. The number of aliphatic hydroxyl groups is 2. The number of rotatable bonds is 8. The van der Waals surface area contributed by atoms with Gasteiger partial charge >= 0.3 is 5.97 Å². The summed E-state index contributed by atoms with van der Waals surface area (Å²) < 4.78 is 17.9. The normalized spacial score (nSPS) is 27.0. The minimum Gasteiger partial charge on any atom is -0.453 e. The van der Waals surface area contributed by atoms with Crippen molar-refractivity contribution >= 4 is 17.6 Å². The maximum Gasteiger partial charge on any atom is 0.303 e. The minimum atomic E-state index is -0.921. The van der Waals surface area contributed by atoms with Gasteiger partial charge < -0.3 is 29.7 Å². The van der Waals surface area contributed by atoms with E-state index >= 15 is 0 Å². The average molecular weight is 513 g/mol. The molecule has 200 valence electrons. The monoisotopic (exact) mass is 512 g/mol. The van der Waals surface area contributed by atoms with E-state index < -0.39 is 24.3 Å². The number of likely N-dealkylation sites (tertiary alicyclic amines) is 1. The maximum absolute atomic E-state index is 12.4. The molecule has 3 N–H and O–H groups in total. The molecule has 9 heteroatoms. The summed E-state index contributed by atoms with van der Waals surface area (Å²) in [6.45, 7) is 6.96. The fourth-order valence-corrected chi connectivity index (χ4v) is 4.87. The molecule has 2 aliphatic heterocycles. The van der Waals surface area contributed by atoms with Gasteiger partial charge in [0.25, 0.3) is 5.91 Å². The number of amides is 1. The Labute approximate surface area is 217 Å². The van der Waals surface area contributed by atoms with E-state index in [-0.39, 0.29) is 30.8 Å². The van der Waals surface area contributed by atoms with E-state index in [1.165, 1.54) is 13.8 Å². The Kier molecular flexibility index (Phi) is 8.94. The Morgan fingerprint density at radius 3 is 2.57 bits per heavy atom. The van der Waals surface area contributed by atoms with Crippen LogP contribution in [0.4, 0.5) is 5.69 Å². The van der Waals surface area contributed by atoms with E-state index in [0.29, 0.717) is 18.8 Å². The standard InChI is InChI=1S/C28H36N2O7/c1-17-25(15-30-12-11-24(33)14-30)36-28(37-26(17)21-9-7-20(16-31)8-10-21)22-5-4-6-23(13-22)29-27(34)18(2)35-19(3)32/h4-10,13,17-18,24-26,28,31,33H,11-12,14-16H2,1-3H3,(H,29,34)/t17-,18-,24+,25+,26+,28?/m0/s1. The second-order valence-corrected chi connectivity index (χ2v) is 9.89. The number of anilines is 1. The van der Waals surface area contributed by atoms with Crippen LogP contribution in [0.25, 0.3) is 0 Å². The molecule has 9 nitrogen and oxygen atoms in total. The van der Waals surface area contributed by atoms with Crippen LogP contribution in [0.5, 0.6) is 0 Å². The van der Waals surface area contributed by atoms with Crippen molar-refractivity contribution in [2.75, 3.05) is 25.0 Å². The lowest BCUT2D eigenvalue weighted by Crippen LogP contribution is -2.44. The van der Waals surface area contributed by atoms with Gasteiger partial charge in [-0.05, 0) is 36.6 Å². The highest BCUT2D eigenvalue weighted by Gasteiger charge is 2.40. The van der Waals surface area contributed by atoms with Crippen molar-refractivity contribution in [1.29, 1.82) is 0 Å². The number of aliphatic hydroxyl groups excluding tert-OH is 2. The molecule has 1 amide bonds. The lowest BCUT2D eigenvalue weighted by molar-refractivity contribution is -0.276. The molecule has 0 aliphatic carbocycles. The van der Waals surface area contributed by atoms with E-state index in [2.05, 4.69) is 17.1 Å². The molecule has 0 aromatic heterocycles. The predicted molar refractivity (Wildman–Crippen MR) is 136 cm³/mol. The van der Waals surface area contributed by atoms with Gasteiger partial charge in [0.05, 0.1) is 24.9 Å². The summed E-state index contributed by atoms with van der Waals surface area (Å²) in [5.74, 6) is -0.927. The smallest absolute Gasteiger partial charge is 0.303 e. The Morgan fingerprint density at radius 1 is 1.16 bits per heavy atom. The molecule has 0 saturated carbocycles. The largest absolute Gasteiger partial charge is 0.453 e. The summed E-state index contributed by atoms with van der Waals surface area (Å²) in [5.41, 5.74) is 3.10. The van der Waals surface area contributed by atoms with Gasteiger partial charge in [0, 0.05) is 43.7 Å². The lowest BCUT2D eigenvalue weighted by atomic mass is 9.90. The van der Waals surface area contributed by atoms with Gasteiger partial charge in [0.1, 0.15) is 0 Å². The van der Waals surface area contributed by atoms with E-state index in [4.69, 9.17) is 14.2 Å². The maximum atomic E-state index is 12.4. The van der Waals surface area contributed by atoms with Crippen LogP contribution >= 0.6 is 0 Å². The zero-order valence-electron chi connectivity index (χ0n) is 21.5. The van der Waals surface area contributed by atoms with Gasteiger partial charge in [0.2, 0.25) is 0 Å². The van der Waals surface area contributed by atoms with Crippen molar-refractivity contribution in [3.8, 4) is 0 Å². The van der Waals surface area contributed by atoms with Crippen LogP contribution in [0.2, 0.25) is 0 Å². The number of esters is 1. The topological polar surface area (TPSA) is 118 Å². The van der Waals surface area contributed by atoms with Crippen LogP contribution in [0, 0.1) is 5.92 Å². The van der Waals surface area contributed by atoms with Crippen LogP contribution in [-0.4, -0.2) is 64.9 Å². The molecule has 0 radical (unpaired) electrons. The number of hydrogen-bond donors (Lipinski definition) is 3. The summed E-state index contributed by atoms with van der Waals surface area (Å²) in [4.78, 5) is 25.8. The van der Waals surface area contributed by atoms with Gasteiger partial charge in [0.15, 0.2) is 12.4 Å². The molecule has 2 fully saturated rings. The third-order valence-electron chi connectivity index (χ3n) is 6.95. The van der Waals surface area contributed by atoms with Gasteiger partial charge in [-0.15, -0.1) is 0 Å². The number of carbonyl (C=O) groups is 2. The van der Waals surface area contributed by atoms with Gasteiger partial charge in [-0.3, -0.25) is 14.5 Å². The summed E-state index contributed by atoms with van der Waals surface area (Å²) >= 11 is 0. The molecule has 37 heavy (non-hydrogen) atoms. The van der Waals surface area contributed by atoms with Crippen LogP contribution < -0.4 is 5.32 Å². The van der Waals surface area contributed by atoms with Crippen molar-refractivity contribution < 1.29 is 34.0 Å². The molecule has 1 unspecified atom stereocenters. The fourth-order valence-electron chi connectivity index (χ4n) is 4.87. The second-order valence-electron chi connectivity index (χ2n) is 9.89. The summed E-state index contributed by atoms with van der Waals surface area (Å²) in [6.07, 6.45) is -1.59. The molecule has 4 rings (SSSR count). The molecular weight excluding hydrogens is 476 g/mol. The summed E-state index contributed by atoms with van der Waals surface area (Å²) in [6, 6.07) is 15.0. The molecule has 2 saturated heterocycles. The van der Waals surface area contributed by atoms with Crippen molar-refractivity contribution in [1.82, 2.24) is 4.90 Å². The molecule has 0 spiro atoms. The van der Waals surface area contributed by atoms with E-state index in [1.54, 1.807) is 12.1 Å². The van der Waals surface area contributed by atoms with Crippen molar-refractivity contribution in [3.63, 3.8) is 0 Å². The summed E-state index contributed by atoms with van der Waals surface area (Å²) in [7, 11) is 0. The molecule has 2 aliphatic rings. The van der Waals surface area contributed by atoms with Crippen molar-refractivity contribution in [2.45, 2.75) is 64.5 Å². The lowest BCUT2D eigenvalue weighted by Gasteiger charge is -2.42. The molecule has 6 atom stereocenters. The Bertz CT molecular complexity index is 1080. The van der Waals surface area contributed by atoms with Crippen molar-refractivity contribution in [2.24, 2.45) is 5.92 Å². The van der Waals surface area contributed by atoms with E-state index in [1.807, 2.05) is 36.4 Å². The Balaban J connectivity index is 1.55. The van der Waals surface area contributed by atoms with Gasteiger partial charge in [-0.25, -0.2) is 0 Å². The van der Waals surface area contributed by atoms with Crippen LogP contribution in [0.1, 0.15) is 56.3 Å². The zero-order chi connectivity index (χ0) is 26.5. The number of nitrogens with one attached hydrogen (secondary N) is 1. The number of carbonyl (C=O) groups excluding carboxylic acids is 2. The van der Waals surface area contributed by atoms with Crippen LogP contribution in [0.3, 0.4) is 0 Å². The fraction of sp³-hybridized carbons (Fsp3) is 0.500. The van der Waals surface area contributed by atoms with Crippen LogP contribution in [-0.2, 0) is 30.4 Å². The van der Waals surface area contributed by atoms with Gasteiger partial charge in [-0.2, -0.15) is 0 Å². The minimum absolute atomic E-state index is 0.0262. The molecule has 2 heterocycles. The number of benzene rings is 2. The van der Waals surface area contributed by atoms with Crippen LogP contribution in [0.15, 0.2) is 48.5 Å². The molecular formula is C28H36N2O7. The summed E-state index contributed by atoms with van der Waals surface area (Å²) in [5, 5.41) is 22.2. The molecule has 0 bridgehead atoms. The SMILES string of the molecule is CC(=O)O[C@@H](C)C(=O)Nc1cccc(C2O[C@H](CN3CC[C@@H](O)C3)[C@H](C)[C@H](c3ccc(CO)cc3)O2)c1. The first-order chi connectivity index (χ1) is 17.7. The highest BCUT2D eigenvalue weighted by Crippen LogP contribution is 2.42. The third kappa shape index (κ3) is 6.94. The van der Waals surface area contributed by atoms with E-state index in [0.717, 1.165) is 29.7 Å². The predicted octanol–water partition coefficient (Wildman–Crippen LogP) is 2.93. The number of β-amino-alcohol motifs (C(OH)–C–C–N with tert-alkyl or cyclic N) is 1. The average Bonchev–Trinajstić information content (AvgIpc) is 3.29. The first-order valence-corrected chi connectivity index (χ1v) is 12.7. The first kappa shape index (κ1) is 27.2. The Hall–Kier alpha value is -2.82. The number of nitrogens with zero attached hydrogens (tertiary/aromatic N) is 1. The highest BCUT2D eigenvalue weighted by molar-refractivity contribution is 5.95. The molecule has 2 aromatic rings. The quantitative estimate of drug-likeness (QED) is 0.462. The second kappa shape index (κ2) is 12.1. The Morgan fingerprint density at radius 2 is 1.92 bits per heavy atom. The number of hydrogen-bond acceptors (Lipinski definition) is 8. The first-order valence-electron chi connectivity index (χ1n) is 12.7. The zero-order valence-corrected chi connectivity index (χ0v) is 21.5. The van der Waals surface area contributed by atoms with Crippen molar-refractivity contribution in [3.05, 3.63) is 65.2 Å².